The van der Waals surface area contributed by atoms with Crippen LogP contribution in [0, 0.1) is 0 Å². The SMILES string of the molecule is c1ccc(-c2cnc3[nH]nc(-c4nc5c(-c6ccncc6)nccc5[nH]4)c3c2)nc1. The Morgan fingerprint density at radius 3 is 2.57 bits per heavy atom. The molecule has 0 spiro atoms. The minimum Gasteiger partial charge on any atom is -0.336 e. The van der Waals surface area contributed by atoms with Crippen molar-refractivity contribution in [2.75, 3.05) is 0 Å². The van der Waals surface area contributed by atoms with Crippen LogP contribution in [0.2, 0.25) is 0 Å². The number of pyridine rings is 4. The largest absolute Gasteiger partial charge is 0.336 e. The maximum absolute atomic E-state index is 4.82. The number of nitrogens with zero attached hydrogens (tertiary/aromatic N) is 6. The van der Waals surface area contributed by atoms with Gasteiger partial charge in [-0.05, 0) is 36.4 Å². The molecule has 0 aliphatic rings. The van der Waals surface area contributed by atoms with Gasteiger partial charge in [0.2, 0.25) is 0 Å². The predicted molar refractivity (Wildman–Crippen MR) is 113 cm³/mol. The van der Waals surface area contributed by atoms with Crippen LogP contribution in [-0.2, 0) is 0 Å². The topological polar surface area (TPSA) is 109 Å². The summed E-state index contributed by atoms with van der Waals surface area (Å²) in [4.78, 5) is 25.7. The molecule has 8 heteroatoms. The number of H-pyrrole nitrogens is 2. The molecule has 30 heavy (non-hydrogen) atoms. The quantitative estimate of drug-likeness (QED) is 0.472. The fourth-order valence-corrected chi connectivity index (χ4v) is 3.53. The lowest BCUT2D eigenvalue weighted by Gasteiger charge is -2.00. The second-order valence-corrected chi connectivity index (χ2v) is 6.78. The summed E-state index contributed by atoms with van der Waals surface area (Å²) >= 11 is 0. The fourth-order valence-electron chi connectivity index (χ4n) is 3.53. The Morgan fingerprint density at radius 1 is 0.767 bits per heavy atom. The zero-order chi connectivity index (χ0) is 19.9. The molecule has 2 N–H and O–H groups in total. The normalized spacial score (nSPS) is 11.3. The molecule has 0 amide bonds. The first kappa shape index (κ1) is 16.5. The molecule has 0 unspecified atom stereocenters. The molecule has 6 aromatic heterocycles. The van der Waals surface area contributed by atoms with Crippen LogP contribution in [0.25, 0.3) is 56.1 Å². The lowest BCUT2D eigenvalue weighted by Crippen LogP contribution is -1.86. The van der Waals surface area contributed by atoms with E-state index in [-0.39, 0.29) is 0 Å². The summed E-state index contributed by atoms with van der Waals surface area (Å²) in [6.45, 7) is 0. The van der Waals surface area contributed by atoms with Crippen LogP contribution in [0.5, 0.6) is 0 Å². The van der Waals surface area contributed by atoms with Crippen LogP contribution < -0.4 is 0 Å². The van der Waals surface area contributed by atoms with Crippen molar-refractivity contribution in [2.24, 2.45) is 0 Å². The van der Waals surface area contributed by atoms with Gasteiger partial charge in [0.05, 0.1) is 22.3 Å². The first-order valence-corrected chi connectivity index (χ1v) is 9.38. The average molecular weight is 390 g/mol. The molecule has 0 atom stereocenters. The molecule has 0 bridgehead atoms. The Kier molecular flexibility index (Phi) is 3.60. The molecule has 0 saturated heterocycles. The number of hydrogen-bond acceptors (Lipinski definition) is 6. The third-order valence-corrected chi connectivity index (χ3v) is 4.96. The number of aromatic nitrogens is 8. The molecule has 6 heterocycles. The lowest BCUT2D eigenvalue weighted by molar-refractivity contribution is 1.09. The third kappa shape index (κ3) is 2.62. The van der Waals surface area contributed by atoms with E-state index in [0.717, 1.165) is 38.9 Å². The first-order valence-electron chi connectivity index (χ1n) is 9.38. The Balaban J connectivity index is 1.52. The van der Waals surface area contributed by atoms with E-state index in [0.29, 0.717) is 17.2 Å². The molecule has 142 valence electrons. The maximum atomic E-state index is 4.82. The van der Waals surface area contributed by atoms with E-state index in [1.807, 2.05) is 42.5 Å². The number of imidazole rings is 1. The molecule has 0 radical (unpaired) electrons. The van der Waals surface area contributed by atoms with Crippen molar-refractivity contribution in [1.29, 1.82) is 0 Å². The molecule has 0 aliphatic heterocycles. The molecule has 0 aromatic carbocycles. The number of nitrogens with one attached hydrogen (secondary N) is 2. The van der Waals surface area contributed by atoms with Crippen molar-refractivity contribution >= 4 is 22.1 Å². The van der Waals surface area contributed by atoms with E-state index in [1.54, 1.807) is 31.0 Å². The van der Waals surface area contributed by atoms with Gasteiger partial charge in [0.15, 0.2) is 11.5 Å². The smallest absolute Gasteiger partial charge is 0.159 e. The van der Waals surface area contributed by atoms with Crippen LogP contribution in [0.3, 0.4) is 0 Å². The Hall–Kier alpha value is -4.46. The van der Waals surface area contributed by atoms with Gasteiger partial charge in [-0.25, -0.2) is 9.97 Å². The van der Waals surface area contributed by atoms with Crippen molar-refractivity contribution in [3.8, 4) is 34.0 Å². The van der Waals surface area contributed by atoms with Crippen molar-refractivity contribution in [2.45, 2.75) is 0 Å². The van der Waals surface area contributed by atoms with E-state index in [1.165, 1.54) is 0 Å². The van der Waals surface area contributed by atoms with E-state index in [2.05, 4.69) is 35.1 Å². The number of fused-ring (bicyclic) bond motifs is 2. The average Bonchev–Trinajstić information content (AvgIpc) is 3.43. The summed E-state index contributed by atoms with van der Waals surface area (Å²) in [5.74, 6) is 0.652. The third-order valence-electron chi connectivity index (χ3n) is 4.96. The van der Waals surface area contributed by atoms with E-state index in [4.69, 9.17) is 4.98 Å². The minimum absolute atomic E-state index is 0.652. The van der Waals surface area contributed by atoms with E-state index < -0.39 is 0 Å². The summed E-state index contributed by atoms with van der Waals surface area (Å²) in [5, 5.41) is 8.33. The molecular weight excluding hydrogens is 376 g/mol. The fraction of sp³-hybridized carbons (Fsp3) is 0. The second-order valence-electron chi connectivity index (χ2n) is 6.78. The van der Waals surface area contributed by atoms with Crippen LogP contribution in [-0.4, -0.2) is 40.1 Å². The maximum Gasteiger partial charge on any atom is 0.159 e. The van der Waals surface area contributed by atoms with Crippen molar-refractivity contribution in [3.63, 3.8) is 0 Å². The lowest BCUT2D eigenvalue weighted by atomic mass is 10.1. The number of rotatable bonds is 3. The van der Waals surface area contributed by atoms with Gasteiger partial charge in [0.25, 0.3) is 0 Å². The highest BCUT2D eigenvalue weighted by Crippen LogP contribution is 2.31. The molecule has 0 aliphatic carbocycles. The Labute approximate surface area is 170 Å². The van der Waals surface area contributed by atoms with Crippen LogP contribution in [0.1, 0.15) is 0 Å². The molecule has 0 saturated carbocycles. The van der Waals surface area contributed by atoms with E-state index >= 15 is 0 Å². The number of aromatic amines is 2. The van der Waals surface area contributed by atoms with Gasteiger partial charge in [-0.1, -0.05) is 6.07 Å². The molecular formula is C22H14N8. The Bertz CT molecular complexity index is 1490. The summed E-state index contributed by atoms with van der Waals surface area (Å²) in [5.41, 5.74) is 6.59. The van der Waals surface area contributed by atoms with Crippen LogP contribution >= 0.6 is 0 Å². The van der Waals surface area contributed by atoms with Gasteiger partial charge in [-0.3, -0.25) is 20.1 Å². The summed E-state index contributed by atoms with van der Waals surface area (Å²) in [6.07, 6.45) is 8.81. The van der Waals surface area contributed by atoms with Gasteiger partial charge < -0.3 is 4.98 Å². The summed E-state index contributed by atoms with van der Waals surface area (Å²) < 4.78 is 0. The zero-order valence-electron chi connectivity index (χ0n) is 15.6. The van der Waals surface area contributed by atoms with Gasteiger partial charge in [-0.2, -0.15) is 5.10 Å². The zero-order valence-corrected chi connectivity index (χ0v) is 15.6. The van der Waals surface area contributed by atoms with Gasteiger partial charge in [0.1, 0.15) is 11.2 Å². The second kappa shape index (κ2) is 6.56. The summed E-state index contributed by atoms with van der Waals surface area (Å²) in [7, 11) is 0. The molecule has 6 rings (SSSR count). The van der Waals surface area contributed by atoms with Crippen molar-refractivity contribution in [3.05, 3.63) is 73.4 Å². The molecule has 6 aromatic rings. The molecule has 0 fully saturated rings. The Morgan fingerprint density at radius 2 is 1.70 bits per heavy atom. The minimum atomic E-state index is 0.652. The number of hydrogen-bond donors (Lipinski definition) is 2. The van der Waals surface area contributed by atoms with E-state index in [9.17, 15) is 0 Å². The standard InChI is InChI=1S/C22H14N8/c1-2-7-24-16(3-1)14-11-15-19(29-30-21(15)26-12-14)22-27-17-6-10-25-18(20(17)28-22)13-4-8-23-9-5-13/h1-12H,(H,27,28)(H,26,29,30). The van der Waals surface area contributed by atoms with Crippen LogP contribution in [0.4, 0.5) is 0 Å². The van der Waals surface area contributed by atoms with Gasteiger partial charge in [0, 0.05) is 42.1 Å². The van der Waals surface area contributed by atoms with Crippen LogP contribution in [0.15, 0.2) is 73.4 Å². The summed E-state index contributed by atoms with van der Waals surface area (Å²) in [6, 6.07) is 13.6. The highest BCUT2D eigenvalue weighted by Gasteiger charge is 2.17. The predicted octanol–water partition coefficient (Wildman–Crippen LogP) is 4.02. The highest BCUT2D eigenvalue weighted by atomic mass is 15.2. The van der Waals surface area contributed by atoms with Crippen molar-refractivity contribution in [1.82, 2.24) is 40.1 Å². The monoisotopic (exact) mass is 390 g/mol. The van der Waals surface area contributed by atoms with Gasteiger partial charge in [-0.15, -0.1) is 0 Å². The molecule has 8 nitrogen and oxygen atoms in total. The first-order chi connectivity index (χ1) is 14.9. The highest BCUT2D eigenvalue weighted by molar-refractivity contribution is 5.96. The van der Waals surface area contributed by atoms with Gasteiger partial charge >= 0.3 is 0 Å². The van der Waals surface area contributed by atoms with Crippen molar-refractivity contribution < 1.29 is 0 Å².